The third kappa shape index (κ3) is 4.95. The molecule has 0 spiro atoms. The number of hydrogen-bond acceptors (Lipinski definition) is 5. The summed E-state index contributed by atoms with van der Waals surface area (Å²) in [7, 11) is 1.61. The summed E-state index contributed by atoms with van der Waals surface area (Å²) in [6, 6.07) is 11.2. The molecule has 3 rings (SSSR count). The van der Waals surface area contributed by atoms with Crippen LogP contribution in [0.5, 0.6) is 17.4 Å². The molecule has 1 heterocycles. The van der Waals surface area contributed by atoms with E-state index in [-0.39, 0.29) is 17.9 Å². The Labute approximate surface area is 153 Å². The summed E-state index contributed by atoms with van der Waals surface area (Å²) in [5.41, 5.74) is 6.88. The zero-order chi connectivity index (χ0) is 18.4. The number of nitrogens with one attached hydrogen (secondary N) is 1. The Morgan fingerprint density at radius 3 is 2.85 bits per heavy atom. The van der Waals surface area contributed by atoms with Gasteiger partial charge in [0, 0.05) is 36.8 Å². The molecule has 0 radical (unpaired) electrons. The van der Waals surface area contributed by atoms with Crippen LogP contribution in [0.2, 0.25) is 0 Å². The monoisotopic (exact) mass is 355 g/mol. The highest BCUT2D eigenvalue weighted by molar-refractivity contribution is 5.78. The molecule has 1 aromatic heterocycles. The fraction of sp³-hybridized carbons (Fsp3) is 0.400. The first kappa shape index (κ1) is 18.2. The van der Waals surface area contributed by atoms with Gasteiger partial charge in [-0.25, -0.2) is 4.98 Å². The summed E-state index contributed by atoms with van der Waals surface area (Å²) >= 11 is 0. The molecule has 0 aliphatic heterocycles. The number of nitrogens with zero attached hydrogens (tertiary/aromatic N) is 1. The van der Waals surface area contributed by atoms with Crippen LogP contribution in [0.1, 0.15) is 31.2 Å². The molecule has 0 bridgehead atoms. The van der Waals surface area contributed by atoms with Gasteiger partial charge in [0.05, 0.1) is 7.11 Å². The molecule has 0 saturated heterocycles. The number of carbonyl (C=O) groups is 1. The number of hydrogen-bond donors (Lipinski definition) is 2. The minimum atomic E-state index is 0.0300. The molecular formula is C20H25N3O3. The number of methoxy groups -OCH3 is 1. The molecule has 2 aromatic rings. The highest BCUT2D eigenvalue weighted by Crippen LogP contribution is 2.24. The first-order chi connectivity index (χ1) is 12.6. The maximum atomic E-state index is 12.3. The van der Waals surface area contributed by atoms with Gasteiger partial charge in [0.25, 0.3) is 0 Å². The first-order valence-corrected chi connectivity index (χ1v) is 8.94. The average molecular weight is 355 g/mol. The summed E-state index contributed by atoms with van der Waals surface area (Å²) < 4.78 is 10.9. The van der Waals surface area contributed by atoms with Gasteiger partial charge in [-0.05, 0) is 37.0 Å². The van der Waals surface area contributed by atoms with E-state index in [9.17, 15) is 4.79 Å². The number of carbonyl (C=O) groups excluding carboxylic acids is 1. The van der Waals surface area contributed by atoms with Crippen LogP contribution in [0.15, 0.2) is 42.6 Å². The molecule has 3 N–H and O–H groups in total. The van der Waals surface area contributed by atoms with Gasteiger partial charge in [-0.15, -0.1) is 0 Å². The Morgan fingerprint density at radius 2 is 2.12 bits per heavy atom. The van der Waals surface area contributed by atoms with Crippen molar-refractivity contribution in [2.45, 2.75) is 38.3 Å². The lowest BCUT2D eigenvalue weighted by Gasteiger charge is -2.25. The second-order valence-electron chi connectivity index (χ2n) is 6.63. The van der Waals surface area contributed by atoms with Gasteiger partial charge < -0.3 is 20.5 Å². The van der Waals surface area contributed by atoms with Crippen LogP contribution in [-0.2, 0) is 11.3 Å². The van der Waals surface area contributed by atoms with Gasteiger partial charge in [-0.2, -0.15) is 0 Å². The second-order valence-corrected chi connectivity index (χ2v) is 6.63. The van der Waals surface area contributed by atoms with Crippen LogP contribution < -0.4 is 20.5 Å². The predicted molar refractivity (Wildman–Crippen MR) is 99.1 cm³/mol. The molecule has 2 unspecified atom stereocenters. The highest BCUT2D eigenvalue weighted by atomic mass is 16.5. The van der Waals surface area contributed by atoms with Crippen LogP contribution in [0.3, 0.4) is 0 Å². The quantitative estimate of drug-likeness (QED) is 0.832. The number of amides is 1. The SMILES string of the molecule is COc1cccc(Oc2ccc(CNC(=O)C3CCCC(N)C3)cn2)c1. The lowest BCUT2D eigenvalue weighted by Crippen LogP contribution is -2.37. The minimum Gasteiger partial charge on any atom is -0.497 e. The second kappa shape index (κ2) is 8.67. The highest BCUT2D eigenvalue weighted by Gasteiger charge is 2.24. The summed E-state index contributed by atoms with van der Waals surface area (Å²) in [6.07, 6.45) is 5.45. The van der Waals surface area contributed by atoms with E-state index in [1.165, 1.54) is 0 Å². The minimum absolute atomic E-state index is 0.0300. The summed E-state index contributed by atoms with van der Waals surface area (Å²) in [6.45, 7) is 0.455. The van der Waals surface area contributed by atoms with E-state index in [0.29, 0.717) is 18.2 Å². The van der Waals surface area contributed by atoms with Crippen molar-refractivity contribution in [1.29, 1.82) is 0 Å². The first-order valence-electron chi connectivity index (χ1n) is 8.94. The van der Waals surface area contributed by atoms with E-state index in [1.807, 2.05) is 24.3 Å². The normalized spacial score (nSPS) is 19.6. The molecule has 26 heavy (non-hydrogen) atoms. The topological polar surface area (TPSA) is 86.5 Å². The lowest BCUT2D eigenvalue weighted by molar-refractivity contribution is -0.126. The fourth-order valence-corrected chi connectivity index (χ4v) is 3.16. The van der Waals surface area contributed by atoms with E-state index in [4.69, 9.17) is 15.2 Å². The fourth-order valence-electron chi connectivity index (χ4n) is 3.16. The van der Waals surface area contributed by atoms with Crippen molar-refractivity contribution >= 4 is 5.91 Å². The molecule has 138 valence electrons. The number of benzene rings is 1. The van der Waals surface area contributed by atoms with Crippen molar-refractivity contribution < 1.29 is 14.3 Å². The summed E-state index contributed by atoms with van der Waals surface area (Å²) in [5.74, 6) is 1.99. The van der Waals surface area contributed by atoms with Crippen LogP contribution >= 0.6 is 0 Å². The van der Waals surface area contributed by atoms with Gasteiger partial charge in [-0.3, -0.25) is 4.79 Å². The van der Waals surface area contributed by atoms with Gasteiger partial charge in [0.1, 0.15) is 11.5 Å². The number of nitrogens with two attached hydrogens (primary N) is 1. The van der Waals surface area contributed by atoms with E-state index < -0.39 is 0 Å². The Hall–Kier alpha value is -2.60. The Kier molecular flexibility index (Phi) is 6.07. The Morgan fingerprint density at radius 1 is 1.27 bits per heavy atom. The number of ether oxygens (including phenoxy) is 2. The maximum Gasteiger partial charge on any atom is 0.223 e. The van der Waals surface area contributed by atoms with Crippen LogP contribution in [-0.4, -0.2) is 24.0 Å². The number of rotatable bonds is 6. The lowest BCUT2D eigenvalue weighted by atomic mass is 9.85. The van der Waals surface area contributed by atoms with Gasteiger partial charge >= 0.3 is 0 Å². The molecule has 1 saturated carbocycles. The van der Waals surface area contributed by atoms with Gasteiger partial charge in [0.15, 0.2) is 0 Å². The Bertz CT molecular complexity index is 733. The van der Waals surface area contributed by atoms with Crippen LogP contribution in [0.4, 0.5) is 0 Å². The number of pyridine rings is 1. The van der Waals surface area contributed by atoms with Crippen molar-refractivity contribution in [3.63, 3.8) is 0 Å². The van der Waals surface area contributed by atoms with Gasteiger partial charge in [-0.1, -0.05) is 18.6 Å². The van der Waals surface area contributed by atoms with Crippen molar-refractivity contribution in [2.75, 3.05) is 7.11 Å². The zero-order valence-corrected chi connectivity index (χ0v) is 15.0. The summed E-state index contributed by atoms with van der Waals surface area (Å²) in [5, 5.41) is 2.98. The number of aromatic nitrogens is 1. The summed E-state index contributed by atoms with van der Waals surface area (Å²) in [4.78, 5) is 16.6. The molecule has 1 amide bonds. The van der Waals surface area contributed by atoms with Crippen LogP contribution in [0.25, 0.3) is 0 Å². The third-order valence-electron chi connectivity index (χ3n) is 4.61. The largest absolute Gasteiger partial charge is 0.497 e. The molecule has 6 heteroatoms. The zero-order valence-electron chi connectivity index (χ0n) is 15.0. The van der Waals surface area contributed by atoms with E-state index in [2.05, 4.69) is 10.3 Å². The molecule has 1 aliphatic rings. The smallest absolute Gasteiger partial charge is 0.223 e. The molecular weight excluding hydrogens is 330 g/mol. The van der Waals surface area contributed by atoms with Gasteiger partial charge in [0.2, 0.25) is 11.8 Å². The third-order valence-corrected chi connectivity index (χ3v) is 4.61. The van der Waals surface area contributed by atoms with Crippen molar-refractivity contribution in [3.8, 4) is 17.4 Å². The predicted octanol–water partition coefficient (Wildman–Crippen LogP) is 3.02. The van der Waals surface area contributed by atoms with E-state index >= 15 is 0 Å². The molecule has 1 aliphatic carbocycles. The molecule has 2 atom stereocenters. The maximum absolute atomic E-state index is 12.3. The molecule has 1 fully saturated rings. The average Bonchev–Trinajstić information content (AvgIpc) is 2.67. The standard InChI is InChI=1S/C20H25N3O3/c1-25-17-6-3-7-18(11-17)26-19-9-8-14(12-22-19)13-23-20(24)15-4-2-5-16(21)10-15/h3,6-9,11-12,15-16H,2,4-5,10,13,21H2,1H3,(H,23,24). The van der Waals surface area contributed by atoms with Crippen molar-refractivity contribution in [3.05, 3.63) is 48.2 Å². The van der Waals surface area contributed by atoms with Crippen LogP contribution in [0, 0.1) is 5.92 Å². The Balaban J connectivity index is 1.51. The van der Waals surface area contributed by atoms with E-state index in [1.54, 1.807) is 25.4 Å². The van der Waals surface area contributed by atoms with Crippen molar-refractivity contribution in [2.24, 2.45) is 11.7 Å². The molecule has 6 nitrogen and oxygen atoms in total. The van der Waals surface area contributed by atoms with E-state index in [0.717, 1.165) is 37.0 Å². The van der Waals surface area contributed by atoms with Crippen molar-refractivity contribution in [1.82, 2.24) is 10.3 Å². The molecule has 1 aromatic carbocycles.